The number of ether oxygens (including phenoxy) is 1. The lowest BCUT2D eigenvalue weighted by molar-refractivity contribution is -0.0899. The van der Waals surface area contributed by atoms with Gasteiger partial charge in [-0.2, -0.15) is 0 Å². The maximum atomic E-state index is 11.5. The van der Waals surface area contributed by atoms with Crippen LogP contribution in [0.3, 0.4) is 0 Å². The Morgan fingerprint density at radius 1 is 1.30 bits per heavy atom. The second-order valence-corrected chi connectivity index (χ2v) is 8.64. The van der Waals surface area contributed by atoms with Gasteiger partial charge in [0.2, 0.25) is 0 Å². The molecule has 1 aliphatic rings. The molecule has 1 saturated carbocycles. The zero-order valence-corrected chi connectivity index (χ0v) is 14.0. The van der Waals surface area contributed by atoms with E-state index < -0.39 is 9.84 Å². The summed E-state index contributed by atoms with van der Waals surface area (Å²) in [5, 5.41) is 0. The summed E-state index contributed by atoms with van der Waals surface area (Å²) in [6.07, 6.45) is 5.69. The summed E-state index contributed by atoms with van der Waals surface area (Å²) in [5.74, 6) is 1.21. The van der Waals surface area contributed by atoms with Crippen LogP contribution in [0.25, 0.3) is 0 Å². The highest BCUT2D eigenvalue weighted by Crippen LogP contribution is 2.37. The number of sulfone groups is 1. The highest BCUT2D eigenvalue weighted by atomic mass is 32.2. The molecule has 0 saturated heterocycles. The monoisotopic (exact) mass is 305 g/mol. The maximum absolute atomic E-state index is 11.5. The Morgan fingerprint density at radius 2 is 1.90 bits per heavy atom. The largest absolute Gasteiger partial charge is 0.374 e. The molecule has 5 heteroatoms. The average molecular weight is 305 g/mol. The fraction of sp³-hybridized carbons (Fsp3) is 1.00. The van der Waals surface area contributed by atoms with E-state index in [0.717, 1.165) is 38.0 Å². The third-order valence-corrected chi connectivity index (χ3v) is 6.43. The van der Waals surface area contributed by atoms with Gasteiger partial charge in [-0.1, -0.05) is 13.8 Å². The van der Waals surface area contributed by atoms with E-state index in [1.165, 1.54) is 0 Å². The van der Waals surface area contributed by atoms with Crippen LogP contribution < -0.4 is 5.73 Å². The first-order chi connectivity index (χ1) is 9.35. The molecule has 1 rings (SSSR count). The zero-order valence-electron chi connectivity index (χ0n) is 13.2. The zero-order chi connectivity index (χ0) is 15.2. The molecule has 1 fully saturated rings. The minimum atomic E-state index is -2.88. The summed E-state index contributed by atoms with van der Waals surface area (Å²) in [4.78, 5) is 0. The first-order valence-electron chi connectivity index (χ1n) is 7.95. The lowest BCUT2D eigenvalue weighted by atomic mass is 9.74. The number of rotatable bonds is 8. The second-order valence-electron chi connectivity index (χ2n) is 6.17. The molecule has 1 atom stereocenters. The third-order valence-electron chi connectivity index (χ3n) is 4.64. The van der Waals surface area contributed by atoms with Crippen LogP contribution in [0.2, 0.25) is 0 Å². The van der Waals surface area contributed by atoms with Gasteiger partial charge in [0.1, 0.15) is 9.84 Å². The van der Waals surface area contributed by atoms with Crippen LogP contribution in [0.15, 0.2) is 0 Å². The molecule has 0 aromatic heterocycles. The minimum absolute atomic E-state index is 0.0537. The normalized spacial score (nSPS) is 29.3. The Bertz CT molecular complexity index is 373. The Labute approximate surface area is 124 Å². The van der Waals surface area contributed by atoms with Crippen LogP contribution in [-0.4, -0.2) is 38.2 Å². The molecule has 0 spiro atoms. The van der Waals surface area contributed by atoms with Crippen LogP contribution in [0.4, 0.5) is 0 Å². The van der Waals surface area contributed by atoms with Crippen molar-refractivity contribution in [2.45, 2.75) is 70.9 Å². The first-order valence-corrected chi connectivity index (χ1v) is 9.77. The van der Waals surface area contributed by atoms with Gasteiger partial charge in [0.05, 0.1) is 11.4 Å². The van der Waals surface area contributed by atoms with E-state index in [0.29, 0.717) is 13.0 Å². The second kappa shape index (κ2) is 7.76. The number of hydrogen-bond donors (Lipinski definition) is 1. The predicted octanol–water partition coefficient (Wildman–Crippen LogP) is 2.51. The molecule has 4 nitrogen and oxygen atoms in total. The van der Waals surface area contributed by atoms with E-state index in [2.05, 4.69) is 6.92 Å². The lowest BCUT2D eigenvalue weighted by Crippen LogP contribution is -2.52. The van der Waals surface area contributed by atoms with Crippen molar-refractivity contribution in [3.05, 3.63) is 0 Å². The van der Waals surface area contributed by atoms with Gasteiger partial charge in [-0.15, -0.1) is 0 Å². The Kier molecular flexibility index (Phi) is 6.95. The van der Waals surface area contributed by atoms with Crippen molar-refractivity contribution in [2.75, 3.05) is 18.1 Å². The van der Waals surface area contributed by atoms with Gasteiger partial charge in [-0.05, 0) is 51.4 Å². The van der Waals surface area contributed by atoms with Crippen LogP contribution in [0, 0.1) is 5.92 Å². The number of hydrogen-bond acceptors (Lipinski definition) is 4. The topological polar surface area (TPSA) is 69.4 Å². The van der Waals surface area contributed by atoms with Crippen LogP contribution in [0.5, 0.6) is 0 Å². The molecule has 0 bridgehead atoms. The fourth-order valence-electron chi connectivity index (χ4n) is 3.09. The minimum Gasteiger partial charge on any atom is -0.374 e. The standard InChI is InChI=1S/C15H31NO3S/c1-4-19-15(10-8-13(3)9-11-15)14(16)7-6-12-20(17,18)5-2/h13-14H,4-12,16H2,1-3H3. The molecule has 0 aromatic rings. The lowest BCUT2D eigenvalue weighted by Gasteiger charge is -2.43. The van der Waals surface area contributed by atoms with Crippen LogP contribution in [0.1, 0.15) is 59.3 Å². The van der Waals surface area contributed by atoms with Gasteiger partial charge >= 0.3 is 0 Å². The Balaban J connectivity index is 2.54. The van der Waals surface area contributed by atoms with Gasteiger partial charge in [-0.3, -0.25) is 0 Å². The van der Waals surface area contributed by atoms with Crippen molar-refractivity contribution in [1.29, 1.82) is 0 Å². The summed E-state index contributed by atoms with van der Waals surface area (Å²) < 4.78 is 29.1. The summed E-state index contributed by atoms with van der Waals surface area (Å²) >= 11 is 0. The molecule has 0 aromatic carbocycles. The molecule has 0 radical (unpaired) electrons. The van der Waals surface area contributed by atoms with Gasteiger partial charge in [0.25, 0.3) is 0 Å². The smallest absolute Gasteiger partial charge is 0.150 e. The van der Waals surface area contributed by atoms with Crippen molar-refractivity contribution in [2.24, 2.45) is 11.7 Å². The van der Waals surface area contributed by atoms with Crippen molar-refractivity contribution >= 4 is 9.84 Å². The molecule has 20 heavy (non-hydrogen) atoms. The van der Waals surface area contributed by atoms with E-state index in [-0.39, 0.29) is 23.1 Å². The molecule has 120 valence electrons. The molecular weight excluding hydrogens is 274 g/mol. The molecule has 2 N–H and O–H groups in total. The van der Waals surface area contributed by atoms with Gasteiger partial charge in [-0.25, -0.2) is 8.42 Å². The van der Waals surface area contributed by atoms with Crippen molar-refractivity contribution in [3.63, 3.8) is 0 Å². The summed E-state index contributed by atoms with van der Waals surface area (Å²) in [5.41, 5.74) is 6.14. The van der Waals surface area contributed by atoms with Gasteiger partial charge < -0.3 is 10.5 Å². The van der Waals surface area contributed by atoms with E-state index >= 15 is 0 Å². The van der Waals surface area contributed by atoms with E-state index in [1.54, 1.807) is 6.92 Å². The summed E-state index contributed by atoms with van der Waals surface area (Å²) in [7, 11) is -2.88. The molecule has 0 aliphatic heterocycles. The highest BCUT2D eigenvalue weighted by Gasteiger charge is 2.39. The van der Waals surface area contributed by atoms with Crippen molar-refractivity contribution in [1.82, 2.24) is 0 Å². The van der Waals surface area contributed by atoms with E-state index in [9.17, 15) is 8.42 Å². The molecular formula is C15H31NO3S. The molecule has 1 unspecified atom stereocenters. The molecule has 0 heterocycles. The van der Waals surface area contributed by atoms with E-state index in [4.69, 9.17) is 10.5 Å². The average Bonchev–Trinajstić information content (AvgIpc) is 2.41. The van der Waals surface area contributed by atoms with Crippen LogP contribution in [-0.2, 0) is 14.6 Å². The number of nitrogens with two attached hydrogens (primary N) is 1. The van der Waals surface area contributed by atoms with Crippen molar-refractivity contribution < 1.29 is 13.2 Å². The summed E-state index contributed by atoms with van der Waals surface area (Å²) in [6.45, 7) is 6.65. The van der Waals surface area contributed by atoms with Gasteiger partial charge in [0.15, 0.2) is 0 Å². The summed E-state index contributed by atoms with van der Waals surface area (Å²) in [6, 6.07) is -0.0537. The maximum Gasteiger partial charge on any atom is 0.150 e. The molecule has 1 aliphatic carbocycles. The SMILES string of the molecule is CCOC1(C(N)CCCS(=O)(=O)CC)CCC(C)CC1. The first kappa shape index (κ1) is 17.9. The van der Waals surface area contributed by atoms with E-state index in [1.807, 2.05) is 6.92 Å². The Morgan fingerprint density at radius 3 is 2.40 bits per heavy atom. The van der Waals surface area contributed by atoms with Crippen LogP contribution >= 0.6 is 0 Å². The highest BCUT2D eigenvalue weighted by molar-refractivity contribution is 7.91. The fourth-order valence-corrected chi connectivity index (χ4v) is 3.99. The third kappa shape index (κ3) is 5.01. The quantitative estimate of drug-likeness (QED) is 0.748. The molecule has 0 amide bonds. The van der Waals surface area contributed by atoms with Gasteiger partial charge in [0, 0.05) is 18.4 Å². The Hall–Kier alpha value is -0.130. The predicted molar refractivity (Wildman–Crippen MR) is 83.5 cm³/mol. The van der Waals surface area contributed by atoms with Crippen molar-refractivity contribution in [3.8, 4) is 0 Å².